The van der Waals surface area contributed by atoms with Crippen LogP contribution in [0.15, 0.2) is 24.5 Å². The quantitative estimate of drug-likeness (QED) is 0.675. The topological polar surface area (TPSA) is 75.3 Å². The van der Waals surface area contributed by atoms with Gasteiger partial charge in [-0.15, -0.1) is 10.2 Å². The van der Waals surface area contributed by atoms with E-state index in [4.69, 9.17) is 0 Å². The van der Waals surface area contributed by atoms with E-state index >= 15 is 0 Å². The average Bonchev–Trinajstić information content (AvgIpc) is 3.35. The van der Waals surface area contributed by atoms with Crippen LogP contribution in [0.25, 0.3) is 5.65 Å². The summed E-state index contributed by atoms with van der Waals surface area (Å²) in [6.45, 7) is 13.7. The molecule has 0 aromatic carbocycles. The molecule has 2 unspecified atom stereocenters. The van der Waals surface area contributed by atoms with Gasteiger partial charge >= 0.3 is 0 Å². The van der Waals surface area contributed by atoms with Crippen LogP contribution in [-0.4, -0.2) is 60.9 Å². The zero-order valence-electron chi connectivity index (χ0n) is 17.6. The van der Waals surface area contributed by atoms with E-state index in [9.17, 15) is 0 Å². The Balaban J connectivity index is 1.26. The second kappa shape index (κ2) is 6.73. The molecule has 29 heavy (non-hydrogen) atoms. The molecule has 3 aromatic heterocycles. The predicted octanol–water partition coefficient (Wildman–Crippen LogP) is 2.09. The summed E-state index contributed by atoms with van der Waals surface area (Å²) < 4.78 is 1.88. The van der Waals surface area contributed by atoms with E-state index in [0.29, 0.717) is 11.8 Å². The van der Waals surface area contributed by atoms with Gasteiger partial charge in [-0.2, -0.15) is 9.61 Å². The molecule has 0 radical (unpaired) electrons. The van der Waals surface area contributed by atoms with E-state index in [1.54, 1.807) is 6.33 Å². The number of hydrogen-bond acceptors (Lipinski definition) is 7. The van der Waals surface area contributed by atoms with Gasteiger partial charge < -0.3 is 4.90 Å². The Kier molecular flexibility index (Phi) is 4.27. The SMILES string of the molecule is Cc1ccc2nnc(CN3CC4CN(c5cc(C(C)(C)C)ncn5)CC4C3)n2n1. The first kappa shape index (κ1) is 18.4. The van der Waals surface area contributed by atoms with Gasteiger partial charge in [-0.05, 0) is 30.9 Å². The second-order valence-electron chi connectivity index (χ2n) is 9.49. The summed E-state index contributed by atoms with van der Waals surface area (Å²) in [5.74, 6) is 3.31. The van der Waals surface area contributed by atoms with Crippen molar-refractivity contribution in [1.29, 1.82) is 0 Å². The summed E-state index contributed by atoms with van der Waals surface area (Å²) in [6.07, 6.45) is 1.71. The molecule has 2 aliphatic heterocycles. The van der Waals surface area contributed by atoms with Gasteiger partial charge in [0.1, 0.15) is 12.1 Å². The number of hydrogen-bond donors (Lipinski definition) is 0. The van der Waals surface area contributed by atoms with Crippen molar-refractivity contribution in [3.05, 3.63) is 41.7 Å². The van der Waals surface area contributed by atoms with Crippen LogP contribution in [0.1, 0.15) is 38.0 Å². The maximum atomic E-state index is 4.57. The minimum atomic E-state index is 0.0392. The van der Waals surface area contributed by atoms with Crippen molar-refractivity contribution in [1.82, 2.24) is 34.7 Å². The first-order valence-electron chi connectivity index (χ1n) is 10.3. The molecule has 5 heterocycles. The number of nitrogens with zero attached hydrogens (tertiary/aromatic N) is 8. The minimum absolute atomic E-state index is 0.0392. The summed E-state index contributed by atoms with van der Waals surface area (Å²) >= 11 is 0. The zero-order chi connectivity index (χ0) is 20.2. The molecule has 0 amide bonds. The van der Waals surface area contributed by atoms with E-state index in [1.165, 1.54) is 0 Å². The minimum Gasteiger partial charge on any atom is -0.356 e. The highest BCUT2D eigenvalue weighted by Crippen LogP contribution is 2.34. The molecule has 152 valence electrons. The summed E-state index contributed by atoms with van der Waals surface area (Å²) in [7, 11) is 0. The first-order valence-corrected chi connectivity index (χ1v) is 10.3. The van der Waals surface area contributed by atoms with Crippen LogP contribution in [0.2, 0.25) is 0 Å². The lowest BCUT2D eigenvalue weighted by atomic mass is 9.92. The fraction of sp³-hybridized carbons (Fsp3) is 0.571. The van der Waals surface area contributed by atoms with Crippen molar-refractivity contribution in [2.24, 2.45) is 11.8 Å². The molecule has 0 N–H and O–H groups in total. The molecule has 0 spiro atoms. The fourth-order valence-electron chi connectivity index (χ4n) is 4.56. The zero-order valence-corrected chi connectivity index (χ0v) is 17.6. The Morgan fingerprint density at radius 1 is 1.00 bits per heavy atom. The fourth-order valence-corrected chi connectivity index (χ4v) is 4.56. The Hall–Kier alpha value is -2.61. The van der Waals surface area contributed by atoms with Crippen molar-refractivity contribution >= 4 is 11.5 Å². The van der Waals surface area contributed by atoms with Crippen LogP contribution in [0.3, 0.4) is 0 Å². The lowest BCUT2D eigenvalue weighted by Gasteiger charge is -2.24. The summed E-state index contributed by atoms with van der Waals surface area (Å²) in [4.78, 5) is 14.0. The molecule has 3 aromatic rings. The van der Waals surface area contributed by atoms with Gasteiger partial charge in [-0.25, -0.2) is 9.97 Å². The third kappa shape index (κ3) is 3.46. The van der Waals surface area contributed by atoms with Crippen LogP contribution in [0.4, 0.5) is 5.82 Å². The van der Waals surface area contributed by atoms with Crippen molar-refractivity contribution in [2.45, 2.75) is 39.7 Å². The summed E-state index contributed by atoms with van der Waals surface area (Å²) in [6, 6.07) is 6.11. The Bertz CT molecular complexity index is 1020. The number of rotatable bonds is 3. The van der Waals surface area contributed by atoms with Crippen LogP contribution >= 0.6 is 0 Å². The Morgan fingerprint density at radius 3 is 2.48 bits per heavy atom. The van der Waals surface area contributed by atoms with Gasteiger partial charge in [0.15, 0.2) is 11.5 Å². The lowest BCUT2D eigenvalue weighted by Crippen LogP contribution is -2.30. The van der Waals surface area contributed by atoms with Gasteiger partial charge in [-0.1, -0.05) is 20.8 Å². The number of likely N-dealkylation sites (tertiary alicyclic amines) is 1. The Labute approximate surface area is 171 Å². The first-order chi connectivity index (χ1) is 13.9. The second-order valence-corrected chi connectivity index (χ2v) is 9.49. The molecule has 2 atom stereocenters. The highest BCUT2D eigenvalue weighted by molar-refractivity contribution is 5.42. The van der Waals surface area contributed by atoms with E-state index in [-0.39, 0.29) is 5.41 Å². The van der Waals surface area contributed by atoms with Crippen molar-refractivity contribution < 1.29 is 0 Å². The number of aromatic nitrogens is 6. The lowest BCUT2D eigenvalue weighted by molar-refractivity contribution is 0.298. The molecule has 2 fully saturated rings. The number of fused-ring (bicyclic) bond motifs is 2. The summed E-state index contributed by atoms with van der Waals surface area (Å²) in [5, 5.41) is 13.2. The van der Waals surface area contributed by atoms with Crippen molar-refractivity contribution in [2.75, 3.05) is 31.1 Å². The summed E-state index contributed by atoms with van der Waals surface area (Å²) in [5.41, 5.74) is 2.93. The van der Waals surface area contributed by atoms with Gasteiger partial charge in [0.25, 0.3) is 0 Å². The molecule has 0 aliphatic carbocycles. The van der Waals surface area contributed by atoms with Crippen molar-refractivity contribution in [3.63, 3.8) is 0 Å². The molecule has 2 aliphatic rings. The molecule has 2 saturated heterocycles. The van der Waals surface area contributed by atoms with E-state index in [2.05, 4.69) is 61.9 Å². The molecule has 5 rings (SSSR count). The smallest absolute Gasteiger partial charge is 0.177 e. The van der Waals surface area contributed by atoms with Crippen LogP contribution in [0, 0.1) is 18.8 Å². The predicted molar refractivity (Wildman–Crippen MR) is 111 cm³/mol. The molecule has 0 saturated carbocycles. The van der Waals surface area contributed by atoms with Crippen LogP contribution in [-0.2, 0) is 12.0 Å². The molecular weight excluding hydrogens is 364 g/mol. The highest BCUT2D eigenvalue weighted by Gasteiger charge is 2.40. The standard InChI is InChI=1S/C21H28N8/c1-14-5-6-18-24-25-20(29(18)26-14)12-27-8-15-10-28(11-16(15)9-27)19-7-17(21(2,3)4)22-13-23-19/h5-7,13,15-16H,8-12H2,1-4H3. The Morgan fingerprint density at radius 2 is 1.76 bits per heavy atom. The van der Waals surface area contributed by atoms with Crippen LogP contribution < -0.4 is 4.90 Å². The highest BCUT2D eigenvalue weighted by atomic mass is 15.4. The molecule has 8 heteroatoms. The van der Waals surface area contributed by atoms with Gasteiger partial charge in [0.05, 0.1) is 17.9 Å². The molecule has 8 nitrogen and oxygen atoms in total. The third-order valence-electron chi connectivity index (χ3n) is 6.13. The third-order valence-corrected chi connectivity index (χ3v) is 6.13. The normalized spacial score (nSPS) is 22.6. The van der Waals surface area contributed by atoms with E-state index in [0.717, 1.165) is 61.4 Å². The maximum Gasteiger partial charge on any atom is 0.177 e. The largest absolute Gasteiger partial charge is 0.356 e. The maximum absolute atomic E-state index is 4.57. The van der Waals surface area contributed by atoms with E-state index < -0.39 is 0 Å². The van der Waals surface area contributed by atoms with Gasteiger partial charge in [0.2, 0.25) is 0 Å². The monoisotopic (exact) mass is 392 g/mol. The van der Waals surface area contributed by atoms with Crippen molar-refractivity contribution in [3.8, 4) is 0 Å². The molecule has 0 bridgehead atoms. The van der Waals surface area contributed by atoms with Crippen LogP contribution in [0.5, 0.6) is 0 Å². The van der Waals surface area contributed by atoms with Gasteiger partial charge in [-0.3, -0.25) is 4.90 Å². The van der Waals surface area contributed by atoms with E-state index in [1.807, 2.05) is 23.6 Å². The average molecular weight is 393 g/mol. The van der Waals surface area contributed by atoms with Gasteiger partial charge in [0, 0.05) is 37.7 Å². The number of aryl methyl sites for hydroxylation is 1. The number of anilines is 1. The molecular formula is C21H28N8.